The van der Waals surface area contributed by atoms with E-state index in [-0.39, 0.29) is 22.9 Å². The minimum absolute atomic E-state index is 0.00473. The first kappa shape index (κ1) is 17.8. The van der Waals surface area contributed by atoms with Crippen molar-refractivity contribution < 1.29 is 18.3 Å². The molecule has 0 N–H and O–H groups in total. The molecule has 0 bridgehead atoms. The molecule has 0 unspecified atom stereocenters. The fourth-order valence-corrected chi connectivity index (χ4v) is 3.54. The number of para-hydroxylation sites is 1. The van der Waals surface area contributed by atoms with E-state index in [1.807, 2.05) is 24.3 Å². The van der Waals surface area contributed by atoms with Crippen LogP contribution >= 0.6 is 23.4 Å². The van der Waals surface area contributed by atoms with Crippen LogP contribution in [0.2, 0.25) is 5.02 Å². The van der Waals surface area contributed by atoms with Gasteiger partial charge in [0.05, 0.1) is 10.8 Å². The van der Waals surface area contributed by atoms with Crippen LogP contribution in [0.1, 0.15) is 5.56 Å². The molecule has 0 amide bonds. The summed E-state index contributed by atoms with van der Waals surface area (Å²) in [6, 6.07) is 11.8. The number of aromatic nitrogens is 2. The maximum atomic E-state index is 13.7. The van der Waals surface area contributed by atoms with Crippen molar-refractivity contribution >= 4 is 51.4 Å². The van der Waals surface area contributed by atoms with Gasteiger partial charge < -0.3 is 9.15 Å². The molecule has 0 fully saturated rings. The van der Waals surface area contributed by atoms with Crippen LogP contribution in [0.25, 0.3) is 22.1 Å². The number of halogens is 2. The van der Waals surface area contributed by atoms with Crippen LogP contribution in [0.4, 0.5) is 4.39 Å². The normalized spacial score (nSPS) is 11.2. The van der Waals surface area contributed by atoms with Gasteiger partial charge in [-0.3, -0.25) is 4.79 Å². The Morgan fingerprint density at radius 1 is 1.19 bits per heavy atom. The third-order valence-corrected chi connectivity index (χ3v) is 5.19. The maximum absolute atomic E-state index is 13.7. The predicted molar refractivity (Wildman–Crippen MR) is 101 cm³/mol. The van der Waals surface area contributed by atoms with Crippen molar-refractivity contribution in [3.8, 4) is 0 Å². The molecule has 0 aliphatic carbocycles. The van der Waals surface area contributed by atoms with Crippen molar-refractivity contribution in [1.29, 1.82) is 0 Å². The summed E-state index contributed by atoms with van der Waals surface area (Å²) >= 11 is 7.09. The van der Waals surface area contributed by atoms with Gasteiger partial charge in [-0.1, -0.05) is 41.6 Å². The fourth-order valence-electron chi connectivity index (χ4n) is 2.60. The molecule has 0 spiro atoms. The second-order valence-corrected chi connectivity index (χ2v) is 6.98. The first-order valence-electron chi connectivity index (χ1n) is 7.97. The zero-order chi connectivity index (χ0) is 18.8. The summed E-state index contributed by atoms with van der Waals surface area (Å²) < 4.78 is 24.7. The predicted octanol–water partition coefficient (Wildman–Crippen LogP) is 5.00. The van der Waals surface area contributed by atoms with Gasteiger partial charge in [-0.25, -0.2) is 14.4 Å². The van der Waals surface area contributed by atoms with Crippen molar-refractivity contribution in [2.75, 3.05) is 5.75 Å². The summed E-state index contributed by atoms with van der Waals surface area (Å²) in [4.78, 5) is 20.5. The van der Waals surface area contributed by atoms with Crippen molar-refractivity contribution in [2.24, 2.45) is 0 Å². The number of hydrogen-bond donors (Lipinski definition) is 0. The number of furan rings is 1. The number of carbonyl (C=O) groups is 1. The first-order valence-corrected chi connectivity index (χ1v) is 9.33. The first-order chi connectivity index (χ1) is 13.1. The molecule has 0 saturated heterocycles. The highest BCUT2D eigenvalue weighted by molar-refractivity contribution is 8.00. The molecule has 0 atom stereocenters. The summed E-state index contributed by atoms with van der Waals surface area (Å²) in [6.07, 6.45) is 1.43. The molecule has 27 heavy (non-hydrogen) atoms. The van der Waals surface area contributed by atoms with Gasteiger partial charge in [0.25, 0.3) is 0 Å². The lowest BCUT2D eigenvalue weighted by Crippen LogP contribution is -2.08. The zero-order valence-corrected chi connectivity index (χ0v) is 15.4. The summed E-state index contributed by atoms with van der Waals surface area (Å²) in [5.74, 6) is -1.03. The number of rotatable bonds is 5. The molecular weight excluding hydrogens is 391 g/mol. The van der Waals surface area contributed by atoms with Gasteiger partial charge in [-0.15, -0.1) is 0 Å². The molecular formula is C19H12ClFN2O3S. The summed E-state index contributed by atoms with van der Waals surface area (Å²) in [5.41, 5.74) is 2.06. The minimum Gasteiger partial charge on any atom is -0.460 e. The summed E-state index contributed by atoms with van der Waals surface area (Å²) in [6.45, 7) is -0.227. The van der Waals surface area contributed by atoms with E-state index in [4.69, 9.17) is 20.8 Å². The monoisotopic (exact) mass is 402 g/mol. The Morgan fingerprint density at radius 3 is 2.89 bits per heavy atom. The minimum atomic E-state index is -0.512. The van der Waals surface area contributed by atoms with Gasteiger partial charge in [0, 0.05) is 10.9 Å². The van der Waals surface area contributed by atoms with Crippen LogP contribution in [-0.4, -0.2) is 21.7 Å². The molecule has 0 radical (unpaired) electrons. The van der Waals surface area contributed by atoms with Gasteiger partial charge in [-0.05, 0) is 24.3 Å². The number of esters is 1. The van der Waals surface area contributed by atoms with Gasteiger partial charge in [0.15, 0.2) is 5.58 Å². The Hall–Kier alpha value is -2.64. The molecule has 0 saturated carbocycles. The topological polar surface area (TPSA) is 65.2 Å². The van der Waals surface area contributed by atoms with Crippen LogP contribution in [0.5, 0.6) is 0 Å². The molecule has 136 valence electrons. The van der Waals surface area contributed by atoms with Gasteiger partial charge in [-0.2, -0.15) is 0 Å². The number of carbonyl (C=O) groups excluding carboxylic acids is 1. The Balaban J connectivity index is 1.46. The SMILES string of the molecule is O=C(CSc1ncnc2c1oc1ccccc12)OCc1c(F)cccc1Cl. The van der Waals surface area contributed by atoms with Crippen LogP contribution in [0, 0.1) is 5.82 Å². The van der Waals surface area contributed by atoms with Crippen molar-refractivity contribution in [3.05, 3.63) is 65.2 Å². The number of thioether (sulfide) groups is 1. The molecule has 8 heteroatoms. The highest BCUT2D eigenvalue weighted by atomic mass is 35.5. The lowest BCUT2D eigenvalue weighted by molar-refractivity contribution is -0.141. The van der Waals surface area contributed by atoms with Crippen LogP contribution in [0.15, 0.2) is 58.2 Å². The van der Waals surface area contributed by atoms with E-state index in [9.17, 15) is 9.18 Å². The van der Waals surface area contributed by atoms with Crippen LogP contribution in [-0.2, 0) is 16.1 Å². The molecule has 4 aromatic rings. The van der Waals surface area contributed by atoms with Crippen molar-refractivity contribution in [2.45, 2.75) is 11.6 Å². The van der Waals surface area contributed by atoms with E-state index in [2.05, 4.69) is 9.97 Å². The molecule has 0 aliphatic heterocycles. The highest BCUT2D eigenvalue weighted by Gasteiger charge is 2.16. The number of nitrogens with zero attached hydrogens (tertiary/aromatic N) is 2. The van der Waals surface area contributed by atoms with Crippen LogP contribution in [0.3, 0.4) is 0 Å². The van der Waals surface area contributed by atoms with E-state index in [1.165, 1.54) is 30.2 Å². The average molecular weight is 403 g/mol. The van der Waals surface area contributed by atoms with E-state index in [0.717, 1.165) is 5.39 Å². The number of benzene rings is 2. The van der Waals surface area contributed by atoms with Gasteiger partial charge in [0.2, 0.25) is 0 Å². The molecule has 4 rings (SSSR count). The third kappa shape index (κ3) is 3.61. The fraction of sp³-hybridized carbons (Fsp3) is 0.105. The van der Waals surface area contributed by atoms with Gasteiger partial charge >= 0.3 is 5.97 Å². The van der Waals surface area contributed by atoms with E-state index < -0.39 is 11.8 Å². The Labute approximate surface area is 162 Å². The highest BCUT2D eigenvalue weighted by Crippen LogP contribution is 2.32. The molecule has 2 aromatic heterocycles. The average Bonchev–Trinajstić information content (AvgIpc) is 3.05. The van der Waals surface area contributed by atoms with Gasteiger partial charge in [0.1, 0.15) is 34.9 Å². The molecule has 2 heterocycles. The van der Waals surface area contributed by atoms with Crippen LogP contribution < -0.4 is 0 Å². The largest absolute Gasteiger partial charge is 0.460 e. The Morgan fingerprint density at radius 2 is 2.04 bits per heavy atom. The van der Waals surface area contributed by atoms with E-state index in [1.54, 1.807) is 6.07 Å². The van der Waals surface area contributed by atoms with Crippen molar-refractivity contribution in [1.82, 2.24) is 9.97 Å². The number of fused-ring (bicyclic) bond motifs is 3. The Kier molecular flexibility index (Phi) is 4.96. The standard InChI is InChI=1S/C19H12ClFN2O3S/c20-13-5-3-6-14(21)12(13)8-25-16(24)9-27-19-18-17(22-10-23-19)11-4-1-2-7-15(11)26-18/h1-7,10H,8-9H2. The zero-order valence-electron chi connectivity index (χ0n) is 13.8. The number of ether oxygens (including phenoxy) is 1. The lowest BCUT2D eigenvalue weighted by Gasteiger charge is -2.07. The summed E-state index contributed by atoms with van der Waals surface area (Å²) in [5, 5.41) is 1.64. The quantitative estimate of drug-likeness (QED) is 0.266. The molecule has 5 nitrogen and oxygen atoms in total. The number of hydrogen-bond acceptors (Lipinski definition) is 6. The lowest BCUT2D eigenvalue weighted by atomic mass is 10.2. The van der Waals surface area contributed by atoms with E-state index in [0.29, 0.717) is 21.7 Å². The smallest absolute Gasteiger partial charge is 0.316 e. The van der Waals surface area contributed by atoms with E-state index >= 15 is 0 Å². The maximum Gasteiger partial charge on any atom is 0.316 e. The summed E-state index contributed by atoms with van der Waals surface area (Å²) in [7, 11) is 0. The Bertz CT molecular complexity index is 1130. The molecule has 0 aliphatic rings. The second kappa shape index (κ2) is 7.54. The second-order valence-electron chi connectivity index (χ2n) is 5.60. The molecule has 2 aromatic carbocycles. The van der Waals surface area contributed by atoms with Crippen molar-refractivity contribution in [3.63, 3.8) is 0 Å². The third-order valence-electron chi connectivity index (χ3n) is 3.89.